The van der Waals surface area contributed by atoms with Gasteiger partial charge < -0.3 is 9.64 Å². The highest BCUT2D eigenvalue weighted by Crippen LogP contribution is 2.48. The molecule has 0 radical (unpaired) electrons. The van der Waals surface area contributed by atoms with E-state index in [1.807, 2.05) is 24.5 Å². The van der Waals surface area contributed by atoms with Crippen molar-refractivity contribution in [2.24, 2.45) is 17.8 Å². The molecule has 2 atom stereocenters. The lowest BCUT2D eigenvalue weighted by atomic mass is 9.91. The highest BCUT2D eigenvalue weighted by molar-refractivity contribution is 7.91. The lowest BCUT2D eigenvalue weighted by Gasteiger charge is -2.32. The molecule has 7 heteroatoms. The van der Waals surface area contributed by atoms with Crippen molar-refractivity contribution in [3.8, 4) is 0 Å². The number of sulfone groups is 1. The molecule has 2 aliphatic rings. The average molecular weight is 444 g/mol. The molecule has 2 heterocycles. The molecule has 2 aromatic rings. The second-order valence-corrected chi connectivity index (χ2v) is 11.1. The topological polar surface area (TPSA) is 72.4 Å². The summed E-state index contributed by atoms with van der Waals surface area (Å²) in [6.45, 7) is 7.19. The van der Waals surface area contributed by atoms with Crippen molar-refractivity contribution in [2.75, 3.05) is 30.3 Å². The fourth-order valence-corrected chi connectivity index (χ4v) is 5.43. The van der Waals surface area contributed by atoms with Crippen molar-refractivity contribution in [2.45, 2.75) is 51.0 Å². The summed E-state index contributed by atoms with van der Waals surface area (Å²) in [7, 11) is -3.14. The zero-order valence-corrected chi connectivity index (χ0v) is 19.4. The Kier molecular flexibility index (Phi) is 6.92. The summed E-state index contributed by atoms with van der Waals surface area (Å²) in [5, 5.41) is 0. The molecule has 0 unspecified atom stereocenters. The largest absolute Gasteiger partial charge is 0.376 e. The van der Waals surface area contributed by atoms with Crippen LogP contribution in [-0.4, -0.2) is 43.8 Å². The summed E-state index contributed by atoms with van der Waals surface area (Å²) in [5.41, 5.74) is 2.20. The van der Waals surface area contributed by atoms with Crippen molar-refractivity contribution in [1.29, 1.82) is 0 Å². The van der Waals surface area contributed by atoms with E-state index in [-0.39, 0.29) is 5.75 Å². The lowest BCUT2D eigenvalue weighted by Crippen LogP contribution is -2.35. The summed E-state index contributed by atoms with van der Waals surface area (Å²) < 4.78 is 29.7. The number of hydrogen-bond donors (Lipinski definition) is 0. The van der Waals surface area contributed by atoms with E-state index in [1.54, 1.807) is 19.1 Å². The molecule has 1 aromatic heterocycles. The molecule has 31 heavy (non-hydrogen) atoms. The van der Waals surface area contributed by atoms with Crippen molar-refractivity contribution in [1.82, 2.24) is 9.97 Å². The van der Waals surface area contributed by atoms with E-state index >= 15 is 0 Å². The van der Waals surface area contributed by atoms with Crippen LogP contribution in [0.4, 0.5) is 5.95 Å². The molecule has 4 rings (SSSR count). The van der Waals surface area contributed by atoms with E-state index in [9.17, 15) is 8.42 Å². The molecule has 0 N–H and O–H groups in total. The van der Waals surface area contributed by atoms with Crippen LogP contribution in [0.25, 0.3) is 0 Å². The van der Waals surface area contributed by atoms with Gasteiger partial charge in [0.2, 0.25) is 5.95 Å². The maximum absolute atomic E-state index is 11.9. The van der Waals surface area contributed by atoms with Crippen LogP contribution >= 0.6 is 0 Å². The number of anilines is 1. The smallest absolute Gasteiger partial charge is 0.225 e. The number of aryl methyl sites for hydroxylation is 1. The Morgan fingerprint density at radius 3 is 2.32 bits per heavy atom. The van der Waals surface area contributed by atoms with E-state index in [0.717, 1.165) is 49.5 Å². The first-order valence-corrected chi connectivity index (χ1v) is 13.1. The molecule has 1 aromatic carbocycles. The molecule has 0 spiro atoms. The Bertz CT molecular complexity index is 953. The molecule has 0 bridgehead atoms. The van der Waals surface area contributed by atoms with Crippen LogP contribution in [0.5, 0.6) is 0 Å². The van der Waals surface area contributed by atoms with Crippen molar-refractivity contribution < 1.29 is 13.2 Å². The maximum atomic E-state index is 11.9. The van der Waals surface area contributed by atoms with Gasteiger partial charge in [0, 0.05) is 25.5 Å². The molecule has 6 nitrogen and oxygen atoms in total. The molecule has 0 amide bonds. The van der Waals surface area contributed by atoms with Crippen LogP contribution in [0, 0.1) is 17.8 Å². The Morgan fingerprint density at radius 2 is 1.71 bits per heavy atom. The first-order chi connectivity index (χ1) is 15.0. The number of aromatic nitrogens is 2. The molecule has 1 saturated carbocycles. The van der Waals surface area contributed by atoms with Gasteiger partial charge in [-0.1, -0.05) is 26.0 Å². The fourth-order valence-electron chi connectivity index (χ4n) is 4.55. The van der Waals surface area contributed by atoms with Gasteiger partial charge in [-0.05, 0) is 66.7 Å². The van der Waals surface area contributed by atoms with Crippen molar-refractivity contribution >= 4 is 15.8 Å². The van der Waals surface area contributed by atoms with Gasteiger partial charge in [-0.25, -0.2) is 18.4 Å². The van der Waals surface area contributed by atoms with E-state index < -0.39 is 9.84 Å². The number of hydrogen-bond acceptors (Lipinski definition) is 6. The number of ether oxygens (including phenoxy) is 1. The number of piperidine rings is 1. The van der Waals surface area contributed by atoms with Gasteiger partial charge in [-0.2, -0.15) is 0 Å². The molecule has 168 valence electrons. The van der Waals surface area contributed by atoms with E-state index in [0.29, 0.717) is 17.4 Å². The monoisotopic (exact) mass is 443 g/mol. The predicted molar refractivity (Wildman–Crippen MR) is 122 cm³/mol. The summed E-state index contributed by atoms with van der Waals surface area (Å²) in [5.74, 6) is 3.21. The van der Waals surface area contributed by atoms with Crippen molar-refractivity contribution in [3.63, 3.8) is 0 Å². The Labute approximate surface area is 186 Å². The quantitative estimate of drug-likeness (QED) is 0.585. The van der Waals surface area contributed by atoms with E-state index in [2.05, 4.69) is 21.8 Å². The molecule has 1 aliphatic carbocycles. The number of benzene rings is 1. The fraction of sp³-hybridized carbons (Fsp3) is 0.583. The minimum atomic E-state index is -3.14. The molecular formula is C24H33N3O3S. The van der Waals surface area contributed by atoms with Gasteiger partial charge >= 0.3 is 0 Å². The third-order valence-corrected chi connectivity index (χ3v) is 8.52. The minimum Gasteiger partial charge on any atom is -0.376 e. The summed E-state index contributed by atoms with van der Waals surface area (Å²) in [6.07, 6.45) is 8.53. The number of nitrogens with zero attached hydrogens (tertiary/aromatic N) is 3. The standard InChI is InChI=1S/C24H33N3O3S/c1-3-18-14-25-24(26-15-18)27-11-9-20(10-12-27)23-13-21(23)17-30-16-19-5-7-22(8-6-19)31(28,29)4-2/h5-8,14-15,20-21,23H,3-4,9-13,16-17H2,1-2H3/t21-,23+/m0/s1. The van der Waals surface area contributed by atoms with Gasteiger partial charge in [0.05, 0.1) is 23.9 Å². The predicted octanol–water partition coefficient (Wildman–Crippen LogP) is 3.90. The normalized spacial score (nSPS) is 21.9. The van der Waals surface area contributed by atoms with Crippen molar-refractivity contribution in [3.05, 3.63) is 47.8 Å². The second-order valence-electron chi connectivity index (χ2n) is 8.79. The van der Waals surface area contributed by atoms with Gasteiger partial charge in [-0.3, -0.25) is 0 Å². The highest BCUT2D eigenvalue weighted by atomic mass is 32.2. The summed E-state index contributed by atoms with van der Waals surface area (Å²) >= 11 is 0. The molecule has 1 saturated heterocycles. The Hall–Kier alpha value is -1.99. The van der Waals surface area contributed by atoms with Crippen LogP contribution in [0.15, 0.2) is 41.6 Å². The average Bonchev–Trinajstić information content (AvgIpc) is 3.59. The zero-order valence-electron chi connectivity index (χ0n) is 18.5. The summed E-state index contributed by atoms with van der Waals surface area (Å²) in [4.78, 5) is 11.8. The van der Waals surface area contributed by atoms with E-state index in [4.69, 9.17) is 4.74 Å². The first kappa shape index (κ1) is 22.2. The highest BCUT2D eigenvalue weighted by Gasteiger charge is 2.43. The van der Waals surface area contributed by atoms with Crippen LogP contribution < -0.4 is 4.90 Å². The van der Waals surface area contributed by atoms with Gasteiger partial charge in [0.25, 0.3) is 0 Å². The van der Waals surface area contributed by atoms with Crippen LogP contribution in [0.1, 0.15) is 44.2 Å². The van der Waals surface area contributed by atoms with Crippen LogP contribution in [-0.2, 0) is 27.6 Å². The molecule has 2 fully saturated rings. The Morgan fingerprint density at radius 1 is 1.03 bits per heavy atom. The van der Waals surface area contributed by atoms with Crippen LogP contribution in [0.2, 0.25) is 0 Å². The molecule has 1 aliphatic heterocycles. The third-order valence-electron chi connectivity index (χ3n) is 6.77. The van der Waals surface area contributed by atoms with E-state index in [1.165, 1.54) is 24.8 Å². The lowest BCUT2D eigenvalue weighted by molar-refractivity contribution is 0.104. The SMILES string of the molecule is CCc1cnc(N2CCC([C@H]3C[C@H]3COCc3ccc(S(=O)(=O)CC)cc3)CC2)nc1. The van der Waals surface area contributed by atoms with Gasteiger partial charge in [0.15, 0.2) is 9.84 Å². The van der Waals surface area contributed by atoms with Gasteiger partial charge in [-0.15, -0.1) is 0 Å². The second kappa shape index (κ2) is 9.65. The first-order valence-electron chi connectivity index (χ1n) is 11.5. The van der Waals surface area contributed by atoms with Crippen LogP contribution in [0.3, 0.4) is 0 Å². The third kappa shape index (κ3) is 5.44. The maximum Gasteiger partial charge on any atom is 0.225 e. The zero-order chi connectivity index (χ0) is 21.8. The number of rotatable bonds is 9. The van der Waals surface area contributed by atoms with Gasteiger partial charge in [0.1, 0.15) is 0 Å². The minimum absolute atomic E-state index is 0.128. The Balaban J connectivity index is 1.17. The molecular weight excluding hydrogens is 410 g/mol. The summed E-state index contributed by atoms with van der Waals surface area (Å²) in [6, 6.07) is 7.09.